The maximum atomic E-state index is 10.1. The highest BCUT2D eigenvalue weighted by atomic mass is 35.5. The third kappa shape index (κ3) is 2.69. The summed E-state index contributed by atoms with van der Waals surface area (Å²) in [6.45, 7) is 7.63. The van der Waals surface area contributed by atoms with E-state index in [4.69, 9.17) is 16.3 Å². The first-order valence-corrected chi connectivity index (χ1v) is 5.75. The predicted molar refractivity (Wildman–Crippen MR) is 67.3 cm³/mol. The third-order valence-corrected chi connectivity index (χ3v) is 2.88. The molecule has 0 fully saturated rings. The van der Waals surface area contributed by atoms with Gasteiger partial charge in [-0.2, -0.15) is 0 Å². The summed E-state index contributed by atoms with van der Waals surface area (Å²) in [7, 11) is 1.56. The number of methoxy groups -OCH3 is 1. The van der Waals surface area contributed by atoms with Crippen molar-refractivity contribution in [3.8, 4) is 5.75 Å². The predicted octanol–water partition coefficient (Wildman–Crippen LogP) is 3.70. The monoisotopic (exact) mass is 242 g/mol. The number of aliphatic hydroxyl groups is 1. The molecule has 1 aromatic rings. The summed E-state index contributed by atoms with van der Waals surface area (Å²) < 4.78 is 5.25. The standard InChI is InChI=1S/C13H19ClO2/c1-8(2)9-6-10(13(3,4)15)12(16-5)11(14)7-9/h6-8,15H,1-5H3. The van der Waals surface area contributed by atoms with Gasteiger partial charge < -0.3 is 9.84 Å². The van der Waals surface area contributed by atoms with Crippen molar-refractivity contribution in [3.63, 3.8) is 0 Å². The van der Waals surface area contributed by atoms with Crippen LogP contribution in [0.3, 0.4) is 0 Å². The van der Waals surface area contributed by atoms with Crippen molar-refractivity contribution in [1.82, 2.24) is 0 Å². The van der Waals surface area contributed by atoms with E-state index in [1.165, 1.54) is 0 Å². The van der Waals surface area contributed by atoms with Gasteiger partial charge in [0.15, 0.2) is 0 Å². The van der Waals surface area contributed by atoms with Crippen molar-refractivity contribution in [1.29, 1.82) is 0 Å². The number of benzene rings is 1. The molecule has 2 nitrogen and oxygen atoms in total. The maximum Gasteiger partial charge on any atom is 0.143 e. The van der Waals surface area contributed by atoms with Gasteiger partial charge in [0.2, 0.25) is 0 Å². The largest absolute Gasteiger partial charge is 0.495 e. The lowest BCUT2D eigenvalue weighted by Crippen LogP contribution is -2.17. The number of hydrogen-bond donors (Lipinski definition) is 1. The molecule has 3 heteroatoms. The first-order chi connectivity index (χ1) is 7.27. The number of halogens is 1. The van der Waals surface area contributed by atoms with Crippen LogP contribution in [0, 0.1) is 0 Å². The van der Waals surface area contributed by atoms with E-state index >= 15 is 0 Å². The van der Waals surface area contributed by atoms with Gasteiger partial charge in [-0.3, -0.25) is 0 Å². The van der Waals surface area contributed by atoms with Crippen LogP contribution in [-0.2, 0) is 5.60 Å². The van der Waals surface area contributed by atoms with Gasteiger partial charge in [0.05, 0.1) is 17.7 Å². The van der Waals surface area contributed by atoms with E-state index in [-0.39, 0.29) is 0 Å². The summed E-state index contributed by atoms with van der Waals surface area (Å²) in [5.74, 6) is 0.920. The average molecular weight is 243 g/mol. The second kappa shape index (κ2) is 4.64. The molecule has 0 aliphatic rings. The zero-order chi connectivity index (χ0) is 12.5. The fourth-order valence-corrected chi connectivity index (χ4v) is 1.91. The number of hydrogen-bond acceptors (Lipinski definition) is 2. The highest BCUT2D eigenvalue weighted by Crippen LogP contribution is 2.38. The molecule has 0 aromatic heterocycles. The molecule has 0 atom stereocenters. The van der Waals surface area contributed by atoms with Crippen LogP contribution in [0.5, 0.6) is 5.75 Å². The van der Waals surface area contributed by atoms with Crippen LogP contribution in [0.25, 0.3) is 0 Å². The van der Waals surface area contributed by atoms with Gasteiger partial charge in [-0.15, -0.1) is 0 Å². The van der Waals surface area contributed by atoms with Crippen LogP contribution >= 0.6 is 11.6 Å². The van der Waals surface area contributed by atoms with Crippen molar-refractivity contribution >= 4 is 11.6 Å². The Morgan fingerprint density at radius 3 is 2.25 bits per heavy atom. The van der Waals surface area contributed by atoms with E-state index in [2.05, 4.69) is 13.8 Å². The zero-order valence-corrected chi connectivity index (χ0v) is 11.2. The Balaban J connectivity index is 3.43. The summed E-state index contributed by atoms with van der Waals surface area (Å²) in [6, 6.07) is 3.84. The first kappa shape index (κ1) is 13.3. The van der Waals surface area contributed by atoms with Gasteiger partial charge in [-0.1, -0.05) is 25.4 Å². The molecule has 0 amide bonds. The van der Waals surface area contributed by atoms with Crippen LogP contribution in [0.4, 0.5) is 0 Å². The normalized spacial score (nSPS) is 12.0. The smallest absolute Gasteiger partial charge is 0.143 e. The second-order valence-electron chi connectivity index (χ2n) is 4.80. The minimum atomic E-state index is -0.958. The lowest BCUT2D eigenvalue weighted by molar-refractivity contribution is 0.0755. The topological polar surface area (TPSA) is 29.5 Å². The van der Waals surface area contributed by atoms with Crippen molar-refractivity contribution < 1.29 is 9.84 Å². The Bertz CT molecular complexity index is 378. The van der Waals surface area contributed by atoms with Gasteiger partial charge in [-0.25, -0.2) is 0 Å². The van der Waals surface area contributed by atoms with Crippen LogP contribution in [0.2, 0.25) is 5.02 Å². The Hall–Kier alpha value is -0.730. The number of rotatable bonds is 3. The molecule has 1 rings (SSSR count). The van der Waals surface area contributed by atoms with Gasteiger partial charge >= 0.3 is 0 Å². The Labute approximate surface area is 102 Å². The molecule has 16 heavy (non-hydrogen) atoms. The van der Waals surface area contributed by atoms with Crippen LogP contribution in [0.15, 0.2) is 12.1 Å². The minimum absolute atomic E-state index is 0.365. The Morgan fingerprint density at radius 2 is 1.88 bits per heavy atom. The van der Waals surface area contributed by atoms with E-state index < -0.39 is 5.60 Å². The molecule has 0 aliphatic carbocycles. The highest BCUT2D eigenvalue weighted by molar-refractivity contribution is 6.32. The molecule has 1 N–H and O–H groups in total. The van der Waals surface area contributed by atoms with Crippen LogP contribution in [-0.4, -0.2) is 12.2 Å². The van der Waals surface area contributed by atoms with E-state index in [0.29, 0.717) is 16.7 Å². The fraction of sp³-hybridized carbons (Fsp3) is 0.538. The average Bonchev–Trinajstić information content (AvgIpc) is 2.14. The molecule has 0 heterocycles. The van der Waals surface area contributed by atoms with Crippen molar-refractivity contribution in [2.75, 3.05) is 7.11 Å². The zero-order valence-electron chi connectivity index (χ0n) is 10.5. The van der Waals surface area contributed by atoms with E-state index in [1.54, 1.807) is 21.0 Å². The minimum Gasteiger partial charge on any atom is -0.495 e. The molecule has 0 bridgehead atoms. The van der Waals surface area contributed by atoms with Gasteiger partial charge in [-0.05, 0) is 37.5 Å². The molecule has 0 unspecified atom stereocenters. The van der Waals surface area contributed by atoms with E-state index in [1.807, 2.05) is 12.1 Å². The molecule has 0 saturated heterocycles. The fourth-order valence-electron chi connectivity index (χ4n) is 1.61. The lowest BCUT2D eigenvalue weighted by atomic mass is 9.92. The highest BCUT2D eigenvalue weighted by Gasteiger charge is 2.24. The SMILES string of the molecule is COc1c(Cl)cc(C(C)C)cc1C(C)(C)O. The summed E-state index contributed by atoms with van der Waals surface area (Å²) in [6.07, 6.45) is 0. The quantitative estimate of drug-likeness (QED) is 0.876. The van der Waals surface area contributed by atoms with Gasteiger partial charge in [0, 0.05) is 5.56 Å². The summed E-state index contributed by atoms with van der Waals surface area (Å²) in [4.78, 5) is 0. The molecule has 0 saturated carbocycles. The summed E-state index contributed by atoms with van der Waals surface area (Å²) in [5, 5.41) is 10.6. The second-order valence-corrected chi connectivity index (χ2v) is 5.20. The molecule has 90 valence electrons. The van der Waals surface area contributed by atoms with Gasteiger partial charge in [0.25, 0.3) is 0 Å². The molecule has 0 aliphatic heterocycles. The Kier molecular flexibility index (Phi) is 3.87. The Morgan fingerprint density at radius 1 is 1.31 bits per heavy atom. The van der Waals surface area contributed by atoms with Gasteiger partial charge in [0.1, 0.15) is 5.75 Å². The van der Waals surface area contributed by atoms with Crippen molar-refractivity contribution in [2.45, 2.75) is 39.2 Å². The molecule has 1 aromatic carbocycles. The molecule has 0 radical (unpaired) electrons. The maximum absolute atomic E-state index is 10.1. The third-order valence-electron chi connectivity index (χ3n) is 2.60. The van der Waals surface area contributed by atoms with E-state index in [9.17, 15) is 5.11 Å². The lowest BCUT2D eigenvalue weighted by Gasteiger charge is -2.23. The number of ether oxygens (including phenoxy) is 1. The molecular formula is C13H19ClO2. The van der Waals surface area contributed by atoms with Crippen molar-refractivity contribution in [3.05, 3.63) is 28.3 Å². The van der Waals surface area contributed by atoms with Crippen LogP contribution in [0.1, 0.15) is 44.7 Å². The summed E-state index contributed by atoms with van der Waals surface area (Å²) in [5.41, 5.74) is 0.869. The summed E-state index contributed by atoms with van der Waals surface area (Å²) >= 11 is 6.15. The van der Waals surface area contributed by atoms with Crippen LogP contribution < -0.4 is 4.74 Å². The first-order valence-electron chi connectivity index (χ1n) is 5.37. The van der Waals surface area contributed by atoms with E-state index in [0.717, 1.165) is 11.1 Å². The van der Waals surface area contributed by atoms with Crippen molar-refractivity contribution in [2.24, 2.45) is 0 Å². The molecule has 0 spiro atoms. The molecular weight excluding hydrogens is 224 g/mol.